The highest BCUT2D eigenvalue weighted by molar-refractivity contribution is 5.86. The van der Waals surface area contributed by atoms with Crippen molar-refractivity contribution in [3.8, 4) is 0 Å². The van der Waals surface area contributed by atoms with Crippen LogP contribution in [0.5, 0.6) is 0 Å². The average molecular weight is 372 g/mol. The van der Waals surface area contributed by atoms with Gasteiger partial charge in [-0.2, -0.15) is 0 Å². The maximum atomic E-state index is 12.7. The number of ketones is 2. The molecule has 1 aliphatic rings. The molecule has 26 heavy (non-hydrogen) atoms. The Morgan fingerprint density at radius 3 is 2.23 bits per heavy atom. The maximum absolute atomic E-state index is 12.7. The number of rotatable bonds is 12. The van der Waals surface area contributed by atoms with Crippen molar-refractivity contribution in [2.24, 2.45) is 17.8 Å². The number of aliphatic hydroxyl groups excluding tert-OH is 4. The third-order valence-corrected chi connectivity index (χ3v) is 5.25. The quantitative estimate of drug-likeness (QED) is 0.285. The van der Waals surface area contributed by atoms with E-state index in [9.17, 15) is 30.0 Å². The number of aliphatic hydroxyl groups is 4. The van der Waals surface area contributed by atoms with Gasteiger partial charge in [-0.15, -0.1) is 0 Å². The minimum absolute atomic E-state index is 0.0236. The Hall–Kier alpha value is -1.12. The van der Waals surface area contributed by atoms with E-state index in [2.05, 4.69) is 0 Å². The van der Waals surface area contributed by atoms with Crippen LogP contribution in [0.25, 0.3) is 0 Å². The Kier molecular flexibility index (Phi) is 8.56. The molecule has 0 radical (unpaired) electrons. The number of carbonyl (C=O) groups excluding carboxylic acids is 2. The Labute approximate surface area is 154 Å². The summed E-state index contributed by atoms with van der Waals surface area (Å²) >= 11 is 0. The molecule has 7 heteroatoms. The zero-order valence-electron chi connectivity index (χ0n) is 16.0. The van der Waals surface area contributed by atoms with Gasteiger partial charge < -0.3 is 25.2 Å². The van der Waals surface area contributed by atoms with Gasteiger partial charge in [0.2, 0.25) is 0 Å². The van der Waals surface area contributed by atoms with Crippen molar-refractivity contribution in [3.63, 3.8) is 0 Å². The molecule has 0 bridgehead atoms. The SMILES string of the molecule is C/C=C\[C@H](C)[C@H]1OC1(C)[C@@H](O)[C@@H](CO)C(=O)[C@@H](CO)[C@@H](O)CC(=O)CC. The molecule has 7 nitrogen and oxygen atoms in total. The number of hydrogen-bond donors (Lipinski definition) is 4. The molecule has 150 valence electrons. The lowest BCUT2D eigenvalue weighted by Crippen LogP contribution is -2.47. The number of allylic oxidation sites excluding steroid dienone is 1. The zero-order chi connectivity index (χ0) is 20.1. The molecule has 0 amide bonds. The van der Waals surface area contributed by atoms with Gasteiger partial charge in [0.15, 0.2) is 0 Å². The summed E-state index contributed by atoms with van der Waals surface area (Å²) in [7, 11) is 0. The van der Waals surface area contributed by atoms with E-state index in [4.69, 9.17) is 4.74 Å². The first-order chi connectivity index (χ1) is 12.2. The molecule has 7 atom stereocenters. The summed E-state index contributed by atoms with van der Waals surface area (Å²) in [5, 5.41) is 40.0. The van der Waals surface area contributed by atoms with Crippen LogP contribution >= 0.6 is 0 Å². The summed E-state index contributed by atoms with van der Waals surface area (Å²) in [6.45, 7) is 5.79. The highest BCUT2D eigenvalue weighted by Gasteiger charge is 2.61. The Balaban J connectivity index is 2.88. The highest BCUT2D eigenvalue weighted by Crippen LogP contribution is 2.46. The minimum atomic E-state index is -1.35. The summed E-state index contributed by atoms with van der Waals surface area (Å²) in [4.78, 5) is 24.2. The largest absolute Gasteiger partial charge is 0.396 e. The molecule has 0 aromatic rings. The van der Waals surface area contributed by atoms with Crippen LogP contribution in [-0.2, 0) is 14.3 Å². The van der Waals surface area contributed by atoms with E-state index in [1.165, 1.54) is 0 Å². The van der Waals surface area contributed by atoms with E-state index in [-0.39, 0.29) is 30.6 Å². The number of Topliss-reactive ketones (excluding diaryl/α,β-unsaturated/α-hetero) is 2. The second-order valence-electron chi connectivity index (χ2n) is 7.20. The van der Waals surface area contributed by atoms with Crippen LogP contribution in [0.1, 0.15) is 40.5 Å². The van der Waals surface area contributed by atoms with E-state index in [1.807, 2.05) is 26.0 Å². The Bertz CT molecular complexity index is 518. The fraction of sp³-hybridized carbons (Fsp3) is 0.789. The highest BCUT2D eigenvalue weighted by atomic mass is 16.6. The summed E-state index contributed by atoms with van der Waals surface area (Å²) in [6.07, 6.45) is 0.816. The molecule has 0 aromatic heterocycles. The topological polar surface area (TPSA) is 128 Å². The van der Waals surface area contributed by atoms with Gasteiger partial charge in [0.25, 0.3) is 0 Å². The van der Waals surface area contributed by atoms with Crippen molar-refractivity contribution >= 4 is 11.6 Å². The van der Waals surface area contributed by atoms with Gasteiger partial charge in [0.05, 0.1) is 43.4 Å². The molecule has 0 aromatic carbocycles. The lowest BCUT2D eigenvalue weighted by molar-refractivity contribution is -0.140. The van der Waals surface area contributed by atoms with Gasteiger partial charge in [-0.05, 0) is 13.8 Å². The van der Waals surface area contributed by atoms with Crippen LogP contribution in [-0.4, -0.2) is 69.1 Å². The van der Waals surface area contributed by atoms with Crippen molar-refractivity contribution in [2.45, 2.75) is 64.4 Å². The first kappa shape index (κ1) is 22.9. The monoisotopic (exact) mass is 372 g/mol. The summed E-state index contributed by atoms with van der Waals surface area (Å²) in [5.41, 5.74) is -0.994. The van der Waals surface area contributed by atoms with Gasteiger partial charge in [0.1, 0.15) is 17.2 Å². The molecule has 1 rings (SSSR count). The van der Waals surface area contributed by atoms with E-state index in [0.717, 1.165) is 0 Å². The molecule has 4 N–H and O–H groups in total. The second kappa shape index (κ2) is 9.71. The van der Waals surface area contributed by atoms with Crippen molar-refractivity contribution in [3.05, 3.63) is 12.2 Å². The predicted molar refractivity (Wildman–Crippen MR) is 95.3 cm³/mol. The van der Waals surface area contributed by atoms with Gasteiger partial charge in [-0.25, -0.2) is 0 Å². The number of ether oxygens (including phenoxy) is 1. The van der Waals surface area contributed by atoms with E-state index in [0.29, 0.717) is 0 Å². The maximum Gasteiger partial charge on any atom is 0.148 e. The normalized spacial score (nSPS) is 28.4. The number of epoxide rings is 1. The van der Waals surface area contributed by atoms with E-state index in [1.54, 1.807) is 13.8 Å². The van der Waals surface area contributed by atoms with Gasteiger partial charge in [0, 0.05) is 18.8 Å². The molecular formula is C19H32O7. The smallest absolute Gasteiger partial charge is 0.148 e. The van der Waals surface area contributed by atoms with Crippen LogP contribution in [0.4, 0.5) is 0 Å². The average Bonchev–Trinajstić information content (AvgIpc) is 3.29. The molecule has 0 saturated carbocycles. The molecule has 1 fully saturated rings. The molecule has 1 aliphatic heterocycles. The molecule has 1 heterocycles. The van der Waals surface area contributed by atoms with Crippen LogP contribution in [0.3, 0.4) is 0 Å². The molecule has 1 saturated heterocycles. The molecule has 1 unspecified atom stereocenters. The Morgan fingerprint density at radius 1 is 1.19 bits per heavy atom. The van der Waals surface area contributed by atoms with Crippen molar-refractivity contribution in [1.82, 2.24) is 0 Å². The lowest BCUT2D eigenvalue weighted by Gasteiger charge is -2.28. The summed E-state index contributed by atoms with van der Waals surface area (Å²) < 4.78 is 5.63. The van der Waals surface area contributed by atoms with Crippen LogP contribution < -0.4 is 0 Å². The van der Waals surface area contributed by atoms with Crippen LogP contribution in [0.2, 0.25) is 0 Å². The summed E-state index contributed by atoms with van der Waals surface area (Å²) in [6, 6.07) is 0. The first-order valence-electron chi connectivity index (χ1n) is 9.11. The van der Waals surface area contributed by atoms with Crippen molar-refractivity contribution in [2.75, 3.05) is 13.2 Å². The Morgan fingerprint density at radius 2 is 1.77 bits per heavy atom. The second-order valence-corrected chi connectivity index (χ2v) is 7.20. The zero-order valence-corrected chi connectivity index (χ0v) is 16.0. The summed E-state index contributed by atoms with van der Waals surface area (Å²) in [5.74, 6) is -3.34. The van der Waals surface area contributed by atoms with E-state index < -0.39 is 48.6 Å². The molecule has 0 spiro atoms. The number of hydrogen-bond acceptors (Lipinski definition) is 7. The first-order valence-corrected chi connectivity index (χ1v) is 9.11. The third-order valence-electron chi connectivity index (χ3n) is 5.25. The molecular weight excluding hydrogens is 340 g/mol. The van der Waals surface area contributed by atoms with Crippen molar-refractivity contribution < 1.29 is 34.8 Å². The number of carbonyl (C=O) groups is 2. The van der Waals surface area contributed by atoms with Crippen LogP contribution in [0.15, 0.2) is 12.2 Å². The lowest BCUT2D eigenvalue weighted by atomic mass is 9.79. The predicted octanol–water partition coefficient (Wildman–Crippen LogP) is 0.233. The third kappa shape index (κ3) is 4.98. The van der Waals surface area contributed by atoms with Crippen LogP contribution in [0, 0.1) is 17.8 Å². The van der Waals surface area contributed by atoms with Gasteiger partial charge >= 0.3 is 0 Å². The van der Waals surface area contributed by atoms with Gasteiger partial charge in [-0.3, -0.25) is 9.59 Å². The minimum Gasteiger partial charge on any atom is -0.396 e. The molecule has 0 aliphatic carbocycles. The van der Waals surface area contributed by atoms with E-state index >= 15 is 0 Å². The van der Waals surface area contributed by atoms with Crippen molar-refractivity contribution in [1.29, 1.82) is 0 Å². The standard InChI is InChI=1S/C19H32O7/c1-5-7-11(3)18-19(4,26-18)17(25)14(10-21)16(24)13(9-20)15(23)8-12(22)6-2/h5,7,11,13-15,17-18,20-21,23,25H,6,8-10H2,1-4H3/b7-5-/t11-,13-,14-,15-,17-,18+,19?/m0/s1. The fourth-order valence-corrected chi connectivity index (χ4v) is 3.45. The van der Waals surface area contributed by atoms with Gasteiger partial charge in [-0.1, -0.05) is 26.0 Å². The fourth-order valence-electron chi connectivity index (χ4n) is 3.45.